The summed E-state index contributed by atoms with van der Waals surface area (Å²) in [7, 11) is 1.34. The molecule has 0 spiro atoms. The lowest BCUT2D eigenvalue weighted by atomic mass is 9.97. The van der Waals surface area contributed by atoms with Gasteiger partial charge in [-0.3, -0.25) is 4.90 Å². The van der Waals surface area contributed by atoms with Gasteiger partial charge >= 0.3 is 12.0 Å². The van der Waals surface area contributed by atoms with Gasteiger partial charge in [-0.25, -0.2) is 9.59 Å². The SMILES string of the molecule is COC(=O)C1C(C)c2ccccc2N1C(=O)Nc1ccccc1. The number of urea groups is 1. The summed E-state index contributed by atoms with van der Waals surface area (Å²) < 4.78 is 4.91. The molecule has 0 aromatic heterocycles. The van der Waals surface area contributed by atoms with E-state index < -0.39 is 12.0 Å². The zero-order valence-electron chi connectivity index (χ0n) is 13.0. The number of benzene rings is 2. The van der Waals surface area contributed by atoms with Gasteiger partial charge in [-0.2, -0.15) is 0 Å². The topological polar surface area (TPSA) is 58.6 Å². The number of anilines is 2. The number of para-hydroxylation sites is 2. The summed E-state index contributed by atoms with van der Waals surface area (Å²) in [6.45, 7) is 1.93. The zero-order valence-corrected chi connectivity index (χ0v) is 13.0. The minimum atomic E-state index is -0.666. The van der Waals surface area contributed by atoms with Crippen LogP contribution in [0, 0.1) is 0 Å². The minimum absolute atomic E-state index is 0.125. The predicted octanol–water partition coefficient (Wildman–Crippen LogP) is 3.38. The predicted molar refractivity (Wildman–Crippen MR) is 88.6 cm³/mol. The number of esters is 1. The van der Waals surface area contributed by atoms with Crippen LogP contribution in [0.25, 0.3) is 0 Å². The molecule has 5 heteroatoms. The van der Waals surface area contributed by atoms with Gasteiger partial charge in [-0.15, -0.1) is 0 Å². The molecule has 0 aliphatic carbocycles. The van der Waals surface area contributed by atoms with Gasteiger partial charge in [-0.05, 0) is 23.8 Å². The molecule has 0 saturated carbocycles. The molecule has 2 atom stereocenters. The quantitative estimate of drug-likeness (QED) is 0.865. The Morgan fingerprint density at radius 1 is 1.04 bits per heavy atom. The Labute approximate surface area is 134 Å². The molecule has 3 rings (SSSR count). The summed E-state index contributed by atoms with van der Waals surface area (Å²) in [5.74, 6) is -0.544. The number of hydrogen-bond acceptors (Lipinski definition) is 3. The first kappa shape index (κ1) is 15.1. The minimum Gasteiger partial charge on any atom is -0.467 e. The van der Waals surface area contributed by atoms with Crippen LogP contribution in [0.2, 0.25) is 0 Å². The molecule has 0 radical (unpaired) electrons. The van der Waals surface area contributed by atoms with Gasteiger partial charge in [0.25, 0.3) is 0 Å². The molecule has 1 aliphatic rings. The third kappa shape index (κ3) is 2.65. The highest BCUT2D eigenvalue weighted by molar-refractivity contribution is 6.08. The molecule has 2 amide bonds. The maximum Gasteiger partial charge on any atom is 0.329 e. The number of hydrogen-bond donors (Lipinski definition) is 1. The van der Waals surface area contributed by atoms with Gasteiger partial charge in [0, 0.05) is 11.6 Å². The van der Waals surface area contributed by atoms with E-state index in [2.05, 4.69) is 5.32 Å². The number of ether oxygens (including phenoxy) is 1. The molecule has 5 nitrogen and oxygen atoms in total. The van der Waals surface area contributed by atoms with Crippen LogP contribution in [0.1, 0.15) is 18.4 Å². The van der Waals surface area contributed by atoms with Crippen LogP contribution in [0.5, 0.6) is 0 Å². The maximum absolute atomic E-state index is 12.8. The Kier molecular flexibility index (Phi) is 4.02. The van der Waals surface area contributed by atoms with Crippen molar-refractivity contribution in [3.8, 4) is 0 Å². The summed E-state index contributed by atoms with van der Waals surface area (Å²) in [4.78, 5) is 26.5. The standard InChI is InChI=1S/C18H18N2O3/c1-12-14-10-6-7-11-15(14)20(16(12)17(21)23-2)18(22)19-13-8-4-3-5-9-13/h3-12,16H,1-2H3,(H,19,22). The van der Waals surface area contributed by atoms with Crippen LogP contribution >= 0.6 is 0 Å². The summed E-state index contributed by atoms with van der Waals surface area (Å²) >= 11 is 0. The molecule has 2 aromatic rings. The molecule has 1 N–H and O–H groups in total. The van der Waals surface area contributed by atoms with Crippen molar-refractivity contribution in [3.05, 3.63) is 60.2 Å². The van der Waals surface area contributed by atoms with Crippen LogP contribution in [0.3, 0.4) is 0 Å². The molecule has 0 fully saturated rings. The second-order valence-electron chi connectivity index (χ2n) is 5.48. The first-order valence-corrected chi connectivity index (χ1v) is 7.45. The molecular formula is C18H18N2O3. The van der Waals surface area contributed by atoms with Crippen molar-refractivity contribution in [2.75, 3.05) is 17.3 Å². The molecular weight excluding hydrogens is 292 g/mol. The van der Waals surface area contributed by atoms with Gasteiger partial charge in [0.2, 0.25) is 0 Å². The average Bonchev–Trinajstić information content (AvgIpc) is 2.88. The normalized spacial score (nSPS) is 19.1. The van der Waals surface area contributed by atoms with Crippen LogP contribution in [-0.4, -0.2) is 25.2 Å². The van der Waals surface area contributed by atoms with E-state index in [1.807, 2.05) is 49.4 Å². The molecule has 1 aliphatic heterocycles. The molecule has 0 saturated heterocycles. The fourth-order valence-corrected chi connectivity index (χ4v) is 3.01. The smallest absolute Gasteiger partial charge is 0.329 e. The fraction of sp³-hybridized carbons (Fsp3) is 0.222. The maximum atomic E-state index is 12.8. The van der Waals surface area contributed by atoms with Crippen molar-refractivity contribution in [1.82, 2.24) is 0 Å². The van der Waals surface area contributed by atoms with Crippen molar-refractivity contribution in [2.45, 2.75) is 18.9 Å². The highest BCUT2D eigenvalue weighted by Crippen LogP contribution is 2.41. The first-order valence-electron chi connectivity index (χ1n) is 7.45. The fourth-order valence-electron chi connectivity index (χ4n) is 3.01. The lowest BCUT2D eigenvalue weighted by Gasteiger charge is -2.25. The average molecular weight is 310 g/mol. The Hall–Kier alpha value is -2.82. The summed E-state index contributed by atoms with van der Waals surface area (Å²) in [6.07, 6.45) is 0. The van der Waals surface area contributed by atoms with E-state index in [9.17, 15) is 9.59 Å². The van der Waals surface area contributed by atoms with Crippen molar-refractivity contribution >= 4 is 23.4 Å². The summed E-state index contributed by atoms with van der Waals surface area (Å²) in [5.41, 5.74) is 2.38. The lowest BCUT2D eigenvalue weighted by molar-refractivity contribution is -0.142. The Morgan fingerprint density at radius 2 is 1.70 bits per heavy atom. The summed E-state index contributed by atoms with van der Waals surface area (Å²) in [5, 5.41) is 2.83. The van der Waals surface area contributed by atoms with Crippen LogP contribution < -0.4 is 10.2 Å². The number of carbonyl (C=O) groups is 2. The number of methoxy groups -OCH3 is 1. The van der Waals surface area contributed by atoms with Gasteiger partial charge in [-0.1, -0.05) is 43.3 Å². The van der Waals surface area contributed by atoms with Gasteiger partial charge in [0.1, 0.15) is 6.04 Å². The van der Waals surface area contributed by atoms with Gasteiger partial charge in [0.15, 0.2) is 0 Å². The molecule has 2 unspecified atom stereocenters. The Bertz CT molecular complexity index is 730. The van der Waals surface area contributed by atoms with E-state index in [0.29, 0.717) is 5.69 Å². The van der Waals surface area contributed by atoms with E-state index in [0.717, 1.165) is 11.3 Å². The molecule has 118 valence electrons. The van der Waals surface area contributed by atoms with Crippen molar-refractivity contribution in [2.24, 2.45) is 0 Å². The van der Waals surface area contributed by atoms with Crippen LogP contribution in [0.4, 0.5) is 16.2 Å². The van der Waals surface area contributed by atoms with E-state index >= 15 is 0 Å². The lowest BCUT2D eigenvalue weighted by Crippen LogP contribution is -2.46. The van der Waals surface area contributed by atoms with Crippen LogP contribution in [-0.2, 0) is 9.53 Å². The molecule has 0 bridgehead atoms. The molecule has 1 heterocycles. The third-order valence-corrected chi connectivity index (χ3v) is 4.13. The number of carbonyl (C=O) groups excluding carboxylic acids is 2. The second-order valence-corrected chi connectivity index (χ2v) is 5.48. The van der Waals surface area contributed by atoms with Crippen molar-refractivity contribution < 1.29 is 14.3 Å². The number of nitrogens with zero attached hydrogens (tertiary/aromatic N) is 1. The second kappa shape index (κ2) is 6.12. The number of nitrogens with one attached hydrogen (secondary N) is 1. The van der Waals surface area contributed by atoms with E-state index in [1.165, 1.54) is 12.0 Å². The molecule has 23 heavy (non-hydrogen) atoms. The monoisotopic (exact) mass is 310 g/mol. The number of amides is 2. The largest absolute Gasteiger partial charge is 0.467 e. The van der Waals surface area contributed by atoms with Crippen molar-refractivity contribution in [1.29, 1.82) is 0 Å². The summed E-state index contributed by atoms with van der Waals surface area (Å²) in [6, 6.07) is 15.7. The highest BCUT2D eigenvalue weighted by Gasteiger charge is 2.44. The number of fused-ring (bicyclic) bond motifs is 1. The van der Waals surface area contributed by atoms with Gasteiger partial charge in [0.05, 0.1) is 12.8 Å². The van der Waals surface area contributed by atoms with Crippen molar-refractivity contribution in [3.63, 3.8) is 0 Å². The zero-order chi connectivity index (χ0) is 16.4. The Morgan fingerprint density at radius 3 is 2.39 bits per heavy atom. The first-order chi connectivity index (χ1) is 11.1. The molecule has 2 aromatic carbocycles. The van der Waals surface area contributed by atoms with E-state index in [4.69, 9.17) is 4.74 Å². The Balaban J connectivity index is 1.96. The van der Waals surface area contributed by atoms with E-state index in [1.54, 1.807) is 12.1 Å². The van der Waals surface area contributed by atoms with E-state index in [-0.39, 0.29) is 11.9 Å². The third-order valence-electron chi connectivity index (χ3n) is 4.13. The van der Waals surface area contributed by atoms with Gasteiger partial charge < -0.3 is 10.1 Å². The van der Waals surface area contributed by atoms with Crippen LogP contribution in [0.15, 0.2) is 54.6 Å². The number of rotatable bonds is 2. The highest BCUT2D eigenvalue weighted by atomic mass is 16.5.